The van der Waals surface area contributed by atoms with E-state index in [1.165, 1.54) is 0 Å². The quantitative estimate of drug-likeness (QED) is 0.747. The normalized spacial score (nSPS) is 12.6. The molecule has 1 rings (SSSR count). The molecule has 1 aromatic rings. The van der Waals surface area contributed by atoms with Crippen molar-refractivity contribution in [1.29, 1.82) is 0 Å². The number of carbonyl (C=O) groups is 1. The molecule has 0 saturated carbocycles. The SMILES string of the molecule is CCOC(=O)C(CC(C)(C)OC)Nc1ccccc1OC. The molecule has 0 fully saturated rings. The lowest BCUT2D eigenvalue weighted by atomic mass is 9.98. The lowest BCUT2D eigenvalue weighted by Gasteiger charge is -2.28. The number of hydrogen-bond donors (Lipinski definition) is 1. The van der Waals surface area contributed by atoms with E-state index in [0.717, 1.165) is 5.69 Å². The Bertz CT molecular complexity index is 459. The number of esters is 1. The van der Waals surface area contributed by atoms with Crippen LogP contribution in [0.25, 0.3) is 0 Å². The van der Waals surface area contributed by atoms with Gasteiger partial charge in [0.25, 0.3) is 0 Å². The minimum Gasteiger partial charge on any atom is -0.495 e. The van der Waals surface area contributed by atoms with Gasteiger partial charge in [-0.25, -0.2) is 4.79 Å². The molecule has 0 aliphatic rings. The third kappa shape index (κ3) is 5.27. The molecule has 0 aliphatic carbocycles. The number of para-hydroxylation sites is 2. The summed E-state index contributed by atoms with van der Waals surface area (Å²) in [5, 5.41) is 3.19. The molecule has 1 aromatic carbocycles. The zero-order valence-electron chi connectivity index (χ0n) is 13.4. The first-order valence-electron chi connectivity index (χ1n) is 7.05. The highest BCUT2D eigenvalue weighted by molar-refractivity contribution is 5.80. The van der Waals surface area contributed by atoms with Crippen LogP contribution in [0.1, 0.15) is 27.2 Å². The van der Waals surface area contributed by atoms with Crippen molar-refractivity contribution >= 4 is 11.7 Å². The Morgan fingerprint density at radius 2 is 1.95 bits per heavy atom. The van der Waals surface area contributed by atoms with Crippen LogP contribution in [0.15, 0.2) is 24.3 Å². The van der Waals surface area contributed by atoms with Gasteiger partial charge in [-0.2, -0.15) is 0 Å². The summed E-state index contributed by atoms with van der Waals surface area (Å²) < 4.78 is 15.9. The lowest BCUT2D eigenvalue weighted by molar-refractivity contribution is -0.145. The average molecular weight is 295 g/mol. The molecule has 0 aliphatic heterocycles. The molecule has 118 valence electrons. The van der Waals surface area contributed by atoms with E-state index in [1.807, 2.05) is 38.1 Å². The van der Waals surface area contributed by atoms with Crippen molar-refractivity contribution in [2.24, 2.45) is 0 Å². The van der Waals surface area contributed by atoms with Gasteiger partial charge >= 0.3 is 5.97 Å². The molecule has 5 heteroatoms. The lowest BCUT2D eigenvalue weighted by Crippen LogP contribution is -2.39. The zero-order valence-corrected chi connectivity index (χ0v) is 13.4. The summed E-state index contributed by atoms with van der Waals surface area (Å²) in [7, 11) is 3.23. The predicted octanol–water partition coefficient (Wildman–Crippen LogP) is 2.85. The molecular weight excluding hydrogens is 270 g/mol. The maximum Gasteiger partial charge on any atom is 0.328 e. The Hall–Kier alpha value is -1.75. The minimum atomic E-state index is -0.504. The Kier molecular flexibility index (Phi) is 6.49. The highest BCUT2D eigenvalue weighted by atomic mass is 16.5. The van der Waals surface area contributed by atoms with Crippen molar-refractivity contribution in [3.05, 3.63) is 24.3 Å². The summed E-state index contributed by atoms with van der Waals surface area (Å²) in [6.45, 7) is 6.00. The van der Waals surface area contributed by atoms with Crippen LogP contribution >= 0.6 is 0 Å². The molecule has 1 N–H and O–H groups in total. The van der Waals surface area contributed by atoms with Crippen molar-refractivity contribution in [3.8, 4) is 5.75 Å². The van der Waals surface area contributed by atoms with Gasteiger partial charge in [0.15, 0.2) is 0 Å². The Balaban J connectivity index is 2.93. The van der Waals surface area contributed by atoms with Gasteiger partial charge in [-0.1, -0.05) is 12.1 Å². The molecule has 0 heterocycles. The number of carbonyl (C=O) groups excluding carboxylic acids is 1. The van der Waals surface area contributed by atoms with Crippen LogP contribution in [0.2, 0.25) is 0 Å². The number of anilines is 1. The van der Waals surface area contributed by atoms with Gasteiger partial charge in [0.1, 0.15) is 11.8 Å². The highest BCUT2D eigenvalue weighted by Gasteiger charge is 2.29. The van der Waals surface area contributed by atoms with Gasteiger partial charge < -0.3 is 19.5 Å². The molecule has 0 spiro atoms. The van der Waals surface area contributed by atoms with Gasteiger partial charge in [0.2, 0.25) is 0 Å². The van der Waals surface area contributed by atoms with Crippen LogP contribution in [-0.2, 0) is 14.3 Å². The predicted molar refractivity (Wildman–Crippen MR) is 82.7 cm³/mol. The van der Waals surface area contributed by atoms with E-state index in [1.54, 1.807) is 21.1 Å². The molecular formula is C16H25NO4. The fourth-order valence-corrected chi connectivity index (χ4v) is 1.96. The minimum absolute atomic E-state index is 0.298. The van der Waals surface area contributed by atoms with Crippen LogP contribution < -0.4 is 10.1 Å². The Morgan fingerprint density at radius 3 is 2.52 bits per heavy atom. The summed E-state index contributed by atoms with van der Waals surface area (Å²) in [5.74, 6) is 0.385. The average Bonchev–Trinajstić information content (AvgIpc) is 2.47. The second-order valence-electron chi connectivity index (χ2n) is 5.32. The first-order valence-corrected chi connectivity index (χ1v) is 7.05. The summed E-state index contributed by atoms with van der Waals surface area (Å²) in [5.41, 5.74) is 0.317. The van der Waals surface area contributed by atoms with Crippen LogP contribution in [0.3, 0.4) is 0 Å². The van der Waals surface area contributed by atoms with E-state index in [2.05, 4.69) is 5.32 Å². The molecule has 0 bridgehead atoms. The van der Waals surface area contributed by atoms with E-state index < -0.39 is 11.6 Å². The van der Waals surface area contributed by atoms with Gasteiger partial charge in [-0.3, -0.25) is 0 Å². The van der Waals surface area contributed by atoms with E-state index in [0.29, 0.717) is 18.8 Å². The maximum atomic E-state index is 12.2. The van der Waals surface area contributed by atoms with Crippen LogP contribution in [0, 0.1) is 0 Å². The summed E-state index contributed by atoms with van der Waals surface area (Å²) >= 11 is 0. The molecule has 0 radical (unpaired) electrons. The smallest absolute Gasteiger partial charge is 0.328 e. The second kappa shape index (κ2) is 7.88. The first kappa shape index (κ1) is 17.3. The van der Waals surface area contributed by atoms with Crippen molar-refractivity contribution in [3.63, 3.8) is 0 Å². The molecule has 0 saturated heterocycles. The van der Waals surface area contributed by atoms with Gasteiger partial charge in [-0.05, 0) is 32.9 Å². The Labute approximate surface area is 126 Å². The summed E-state index contributed by atoms with van der Waals surface area (Å²) in [6, 6.07) is 6.96. The number of benzene rings is 1. The second-order valence-corrected chi connectivity index (χ2v) is 5.32. The van der Waals surface area contributed by atoms with Crippen molar-refractivity contribution in [2.75, 3.05) is 26.1 Å². The largest absolute Gasteiger partial charge is 0.495 e. The first-order chi connectivity index (χ1) is 9.93. The molecule has 21 heavy (non-hydrogen) atoms. The maximum absolute atomic E-state index is 12.2. The van der Waals surface area contributed by atoms with E-state index in [9.17, 15) is 4.79 Å². The van der Waals surface area contributed by atoms with Crippen LogP contribution in [-0.4, -0.2) is 38.4 Å². The number of hydrogen-bond acceptors (Lipinski definition) is 5. The zero-order chi connectivity index (χ0) is 15.9. The van der Waals surface area contributed by atoms with Crippen molar-refractivity contribution in [2.45, 2.75) is 38.8 Å². The molecule has 5 nitrogen and oxygen atoms in total. The summed E-state index contributed by atoms with van der Waals surface area (Å²) in [6.07, 6.45) is 0.486. The third-order valence-electron chi connectivity index (χ3n) is 3.26. The fraction of sp³-hybridized carbons (Fsp3) is 0.562. The summed E-state index contributed by atoms with van der Waals surface area (Å²) in [4.78, 5) is 12.2. The monoisotopic (exact) mass is 295 g/mol. The molecule has 1 unspecified atom stereocenters. The van der Waals surface area contributed by atoms with E-state index >= 15 is 0 Å². The molecule has 0 amide bonds. The highest BCUT2D eigenvalue weighted by Crippen LogP contribution is 2.26. The topological polar surface area (TPSA) is 56.8 Å². The third-order valence-corrected chi connectivity index (χ3v) is 3.26. The van der Waals surface area contributed by atoms with Gasteiger partial charge in [-0.15, -0.1) is 0 Å². The van der Waals surface area contributed by atoms with Gasteiger partial charge in [0, 0.05) is 13.5 Å². The standard InChI is InChI=1S/C16H25NO4/c1-6-21-15(18)13(11-16(2,3)20-5)17-12-9-7-8-10-14(12)19-4/h7-10,13,17H,6,11H2,1-5H3. The molecule has 0 aromatic heterocycles. The molecule has 1 atom stereocenters. The number of methoxy groups -OCH3 is 2. The fourth-order valence-electron chi connectivity index (χ4n) is 1.96. The van der Waals surface area contributed by atoms with Gasteiger partial charge in [0.05, 0.1) is 25.0 Å². The van der Waals surface area contributed by atoms with Crippen LogP contribution in [0.4, 0.5) is 5.69 Å². The number of nitrogens with one attached hydrogen (secondary N) is 1. The number of ether oxygens (including phenoxy) is 3. The van der Waals surface area contributed by atoms with Crippen molar-refractivity contribution in [1.82, 2.24) is 0 Å². The Morgan fingerprint density at radius 1 is 1.29 bits per heavy atom. The van der Waals surface area contributed by atoms with E-state index in [-0.39, 0.29) is 5.97 Å². The number of rotatable bonds is 8. The van der Waals surface area contributed by atoms with Crippen LogP contribution in [0.5, 0.6) is 5.75 Å². The van der Waals surface area contributed by atoms with E-state index in [4.69, 9.17) is 14.2 Å². The van der Waals surface area contributed by atoms with Crippen molar-refractivity contribution < 1.29 is 19.0 Å².